The molecule has 4 nitrogen and oxygen atoms in total. The number of hydrogen-bond donors (Lipinski definition) is 2. The third-order valence-corrected chi connectivity index (χ3v) is 4.57. The van der Waals surface area contributed by atoms with E-state index in [2.05, 4.69) is 15.5 Å². The molecule has 126 valence electrons. The zero-order valence-electron chi connectivity index (χ0n) is 12.8. The van der Waals surface area contributed by atoms with E-state index in [9.17, 15) is 18.0 Å². The van der Waals surface area contributed by atoms with Crippen LogP contribution < -0.4 is 5.32 Å². The largest absolute Gasteiger partial charge is 0.393 e. The van der Waals surface area contributed by atoms with Crippen molar-refractivity contribution in [1.29, 1.82) is 0 Å². The molecule has 4 rings (SSSR count). The second kappa shape index (κ2) is 5.36. The van der Waals surface area contributed by atoms with Crippen molar-refractivity contribution in [3.05, 3.63) is 46.6 Å². The Labute approximate surface area is 136 Å². The highest BCUT2D eigenvalue weighted by Gasteiger charge is 2.37. The summed E-state index contributed by atoms with van der Waals surface area (Å²) >= 11 is 0. The van der Waals surface area contributed by atoms with E-state index in [4.69, 9.17) is 0 Å². The average Bonchev–Trinajstić information content (AvgIpc) is 3.25. The van der Waals surface area contributed by atoms with Crippen molar-refractivity contribution in [3.8, 4) is 0 Å². The molecule has 2 aromatic rings. The fourth-order valence-electron chi connectivity index (χ4n) is 3.40. The number of H-pyrrole nitrogens is 1. The first kappa shape index (κ1) is 15.2. The van der Waals surface area contributed by atoms with Crippen LogP contribution in [0.5, 0.6) is 0 Å². The van der Waals surface area contributed by atoms with Crippen LogP contribution in [0.15, 0.2) is 24.3 Å². The van der Waals surface area contributed by atoms with Gasteiger partial charge < -0.3 is 5.32 Å². The van der Waals surface area contributed by atoms with E-state index in [1.54, 1.807) is 18.2 Å². The van der Waals surface area contributed by atoms with Crippen molar-refractivity contribution >= 4 is 11.7 Å². The fraction of sp³-hybridized carbons (Fsp3) is 0.412. The number of carbonyl (C=O) groups is 1. The van der Waals surface area contributed by atoms with Crippen LogP contribution in [0, 0.1) is 0 Å². The third-order valence-electron chi connectivity index (χ3n) is 4.57. The Morgan fingerprint density at radius 1 is 1.25 bits per heavy atom. The Hall–Kier alpha value is -2.31. The van der Waals surface area contributed by atoms with Gasteiger partial charge in [-0.15, -0.1) is 0 Å². The summed E-state index contributed by atoms with van der Waals surface area (Å²) in [7, 11) is 0. The van der Waals surface area contributed by atoms with E-state index in [0.717, 1.165) is 29.7 Å². The van der Waals surface area contributed by atoms with Gasteiger partial charge in [0.2, 0.25) is 5.91 Å². The summed E-state index contributed by atoms with van der Waals surface area (Å²) < 4.78 is 38.0. The first-order valence-electron chi connectivity index (χ1n) is 7.94. The van der Waals surface area contributed by atoms with Crippen LogP contribution in [0.4, 0.5) is 19.0 Å². The highest BCUT2D eigenvalue weighted by molar-refractivity contribution is 5.94. The van der Waals surface area contributed by atoms with Crippen molar-refractivity contribution in [3.63, 3.8) is 0 Å². The van der Waals surface area contributed by atoms with Gasteiger partial charge in [-0.2, -0.15) is 18.3 Å². The summed E-state index contributed by atoms with van der Waals surface area (Å²) in [6.07, 6.45) is -2.84. The maximum atomic E-state index is 12.7. The minimum Gasteiger partial charge on any atom is -0.309 e. The Bertz CT molecular complexity index is 793. The van der Waals surface area contributed by atoms with Gasteiger partial charge in [0.15, 0.2) is 5.82 Å². The van der Waals surface area contributed by atoms with Gasteiger partial charge in [-0.05, 0) is 24.0 Å². The Morgan fingerprint density at radius 2 is 2.04 bits per heavy atom. The van der Waals surface area contributed by atoms with Gasteiger partial charge in [0.25, 0.3) is 0 Å². The topological polar surface area (TPSA) is 57.8 Å². The lowest BCUT2D eigenvalue weighted by Crippen LogP contribution is -2.24. The SMILES string of the molecule is O=C1CC(c2cccc(CC(F)(F)F)c2)c2c(n[nH]c2C2CC2)N1. The quantitative estimate of drug-likeness (QED) is 0.895. The molecule has 2 aliphatic rings. The summed E-state index contributed by atoms with van der Waals surface area (Å²) in [5.74, 6) is 0.510. The normalized spacial score (nSPS) is 20.6. The van der Waals surface area contributed by atoms with Gasteiger partial charge in [-0.25, -0.2) is 0 Å². The van der Waals surface area contributed by atoms with E-state index in [-0.39, 0.29) is 23.8 Å². The van der Waals surface area contributed by atoms with Gasteiger partial charge >= 0.3 is 6.18 Å². The van der Waals surface area contributed by atoms with Crippen LogP contribution in [0.25, 0.3) is 0 Å². The molecule has 1 fully saturated rings. The number of aromatic nitrogens is 2. The molecule has 1 aliphatic carbocycles. The maximum Gasteiger partial charge on any atom is 0.393 e. The molecule has 1 aliphatic heterocycles. The van der Waals surface area contributed by atoms with Crippen LogP contribution in [0.2, 0.25) is 0 Å². The Morgan fingerprint density at radius 3 is 2.75 bits per heavy atom. The standard InChI is InChI=1S/C17H16F3N3O/c18-17(19,20)8-9-2-1-3-11(6-9)12-7-13(24)21-16-14(12)15(22-23-16)10-4-5-10/h1-3,6,10,12H,4-5,7-8H2,(H2,21,22,23,24). The summed E-state index contributed by atoms with van der Waals surface area (Å²) in [6.45, 7) is 0. The molecule has 1 atom stereocenters. The molecule has 2 heterocycles. The molecule has 0 saturated heterocycles. The molecule has 1 aromatic heterocycles. The number of fused-ring (bicyclic) bond motifs is 1. The lowest BCUT2D eigenvalue weighted by molar-refractivity contribution is -0.127. The minimum absolute atomic E-state index is 0.164. The average molecular weight is 335 g/mol. The first-order valence-corrected chi connectivity index (χ1v) is 7.94. The van der Waals surface area contributed by atoms with E-state index < -0.39 is 12.6 Å². The number of carbonyl (C=O) groups excluding carboxylic acids is 1. The highest BCUT2D eigenvalue weighted by atomic mass is 19.4. The van der Waals surface area contributed by atoms with E-state index in [1.165, 1.54) is 6.07 Å². The molecule has 1 aromatic carbocycles. The maximum absolute atomic E-state index is 12.7. The molecular formula is C17H16F3N3O. The van der Waals surface area contributed by atoms with Crippen molar-refractivity contribution in [1.82, 2.24) is 10.2 Å². The van der Waals surface area contributed by atoms with Crippen LogP contribution in [0.3, 0.4) is 0 Å². The number of amides is 1. The summed E-state index contributed by atoms with van der Waals surface area (Å²) in [6, 6.07) is 6.44. The predicted molar refractivity (Wildman–Crippen MR) is 81.9 cm³/mol. The van der Waals surface area contributed by atoms with Gasteiger partial charge in [0.05, 0.1) is 6.42 Å². The zero-order chi connectivity index (χ0) is 16.9. The number of hydrogen-bond acceptors (Lipinski definition) is 2. The zero-order valence-corrected chi connectivity index (χ0v) is 12.8. The molecular weight excluding hydrogens is 319 g/mol. The smallest absolute Gasteiger partial charge is 0.309 e. The summed E-state index contributed by atoms with van der Waals surface area (Å²) in [4.78, 5) is 12.0. The van der Waals surface area contributed by atoms with Crippen molar-refractivity contribution in [2.75, 3.05) is 5.32 Å². The number of halogens is 3. The van der Waals surface area contributed by atoms with Crippen molar-refractivity contribution in [2.24, 2.45) is 0 Å². The van der Waals surface area contributed by atoms with Gasteiger partial charge in [0, 0.05) is 29.5 Å². The molecule has 24 heavy (non-hydrogen) atoms. The molecule has 1 unspecified atom stereocenters. The monoisotopic (exact) mass is 335 g/mol. The number of anilines is 1. The molecule has 1 amide bonds. The van der Waals surface area contributed by atoms with Crippen molar-refractivity contribution < 1.29 is 18.0 Å². The number of aromatic amines is 1. The fourth-order valence-corrected chi connectivity index (χ4v) is 3.40. The molecule has 2 N–H and O–H groups in total. The Kier molecular flexibility index (Phi) is 3.40. The van der Waals surface area contributed by atoms with E-state index >= 15 is 0 Å². The summed E-state index contributed by atoms with van der Waals surface area (Å²) in [5.41, 5.74) is 2.89. The number of alkyl halides is 3. The van der Waals surface area contributed by atoms with Crippen LogP contribution in [-0.4, -0.2) is 22.3 Å². The first-order chi connectivity index (χ1) is 11.4. The number of nitrogens with one attached hydrogen (secondary N) is 2. The number of rotatable bonds is 3. The molecule has 0 spiro atoms. The lowest BCUT2D eigenvalue weighted by Gasteiger charge is -2.24. The van der Waals surface area contributed by atoms with Gasteiger partial charge in [-0.3, -0.25) is 9.89 Å². The summed E-state index contributed by atoms with van der Waals surface area (Å²) in [5, 5.41) is 9.95. The van der Waals surface area contributed by atoms with Crippen LogP contribution in [0.1, 0.15) is 53.5 Å². The predicted octanol–water partition coefficient (Wildman–Crippen LogP) is 3.87. The van der Waals surface area contributed by atoms with Crippen LogP contribution in [-0.2, 0) is 11.2 Å². The van der Waals surface area contributed by atoms with E-state index in [1.807, 2.05) is 0 Å². The van der Waals surface area contributed by atoms with Gasteiger partial charge in [0.1, 0.15) is 0 Å². The second-order valence-corrected chi connectivity index (χ2v) is 6.52. The Balaban J connectivity index is 1.73. The third kappa shape index (κ3) is 2.90. The highest BCUT2D eigenvalue weighted by Crippen LogP contribution is 2.47. The van der Waals surface area contributed by atoms with Crippen LogP contribution >= 0.6 is 0 Å². The molecule has 0 radical (unpaired) electrons. The van der Waals surface area contributed by atoms with E-state index in [0.29, 0.717) is 11.7 Å². The second-order valence-electron chi connectivity index (χ2n) is 6.52. The molecule has 7 heteroatoms. The molecule has 0 bridgehead atoms. The van der Waals surface area contributed by atoms with Gasteiger partial charge in [-0.1, -0.05) is 24.3 Å². The van der Waals surface area contributed by atoms with Crippen molar-refractivity contribution in [2.45, 2.75) is 43.7 Å². The molecule has 1 saturated carbocycles. The minimum atomic E-state index is -4.25. The lowest BCUT2D eigenvalue weighted by atomic mass is 9.84. The number of benzene rings is 1. The number of nitrogens with zero attached hydrogens (tertiary/aromatic N) is 1.